The largest absolute Gasteiger partial charge is 0.417 e. The minimum atomic E-state index is -4.79. The SMILES string of the molecule is Cc1cccc(C(=O)ON2C(=O)c3ccccc3C2=O)c1C(F)(F)F. The van der Waals surface area contributed by atoms with Crippen molar-refractivity contribution >= 4 is 17.8 Å². The molecule has 0 fully saturated rings. The van der Waals surface area contributed by atoms with Crippen LogP contribution in [-0.2, 0) is 11.0 Å². The van der Waals surface area contributed by atoms with E-state index in [1.807, 2.05) is 0 Å². The molecule has 0 aliphatic carbocycles. The lowest BCUT2D eigenvalue weighted by Gasteiger charge is -2.17. The van der Waals surface area contributed by atoms with Gasteiger partial charge in [-0.1, -0.05) is 29.3 Å². The van der Waals surface area contributed by atoms with Gasteiger partial charge in [0.25, 0.3) is 11.8 Å². The molecule has 2 aromatic rings. The van der Waals surface area contributed by atoms with Crippen LogP contribution in [0.3, 0.4) is 0 Å². The summed E-state index contributed by atoms with van der Waals surface area (Å²) in [4.78, 5) is 41.1. The van der Waals surface area contributed by atoms with Gasteiger partial charge in [0.1, 0.15) is 0 Å². The van der Waals surface area contributed by atoms with E-state index in [4.69, 9.17) is 4.84 Å². The van der Waals surface area contributed by atoms with Gasteiger partial charge < -0.3 is 4.84 Å². The lowest BCUT2D eigenvalue weighted by Crippen LogP contribution is -2.33. The molecule has 1 aliphatic rings. The first-order chi connectivity index (χ1) is 11.7. The van der Waals surface area contributed by atoms with Crippen LogP contribution in [0, 0.1) is 6.92 Å². The summed E-state index contributed by atoms with van der Waals surface area (Å²) < 4.78 is 39.6. The Kier molecular flexibility index (Phi) is 3.82. The van der Waals surface area contributed by atoms with E-state index in [9.17, 15) is 27.6 Å². The van der Waals surface area contributed by atoms with Gasteiger partial charge in [0.05, 0.1) is 22.3 Å². The number of alkyl halides is 3. The smallest absolute Gasteiger partial charge is 0.324 e. The second-order valence-corrected chi connectivity index (χ2v) is 5.32. The minimum Gasteiger partial charge on any atom is -0.324 e. The van der Waals surface area contributed by atoms with E-state index < -0.39 is 35.1 Å². The molecule has 2 aromatic carbocycles. The van der Waals surface area contributed by atoms with Gasteiger partial charge in [0.15, 0.2) is 0 Å². The van der Waals surface area contributed by atoms with Crippen LogP contribution in [0.2, 0.25) is 0 Å². The molecule has 0 atom stereocenters. The Morgan fingerprint density at radius 1 is 0.960 bits per heavy atom. The Morgan fingerprint density at radius 2 is 1.52 bits per heavy atom. The zero-order chi connectivity index (χ0) is 18.4. The number of aryl methyl sites for hydroxylation is 1. The van der Waals surface area contributed by atoms with Crippen molar-refractivity contribution in [3.05, 3.63) is 70.3 Å². The van der Waals surface area contributed by atoms with Crippen molar-refractivity contribution in [1.29, 1.82) is 0 Å². The van der Waals surface area contributed by atoms with Crippen LogP contribution in [0.15, 0.2) is 42.5 Å². The molecule has 25 heavy (non-hydrogen) atoms. The number of amides is 2. The second-order valence-electron chi connectivity index (χ2n) is 5.32. The summed E-state index contributed by atoms with van der Waals surface area (Å²) >= 11 is 0. The van der Waals surface area contributed by atoms with Gasteiger partial charge in [-0.15, -0.1) is 0 Å². The normalized spacial score (nSPS) is 13.8. The Labute approximate surface area is 139 Å². The Bertz CT molecular complexity index is 870. The molecular weight excluding hydrogens is 339 g/mol. The fraction of sp³-hybridized carbons (Fsp3) is 0.118. The van der Waals surface area contributed by atoms with Gasteiger partial charge in [-0.05, 0) is 30.7 Å². The van der Waals surface area contributed by atoms with E-state index in [0.29, 0.717) is 0 Å². The van der Waals surface area contributed by atoms with Gasteiger partial charge in [0, 0.05) is 0 Å². The van der Waals surface area contributed by atoms with E-state index in [2.05, 4.69) is 0 Å². The highest BCUT2D eigenvalue weighted by molar-refractivity contribution is 6.21. The van der Waals surface area contributed by atoms with E-state index in [1.54, 1.807) is 0 Å². The summed E-state index contributed by atoms with van der Waals surface area (Å²) in [5.41, 5.74) is -2.09. The zero-order valence-electron chi connectivity index (χ0n) is 12.8. The molecule has 1 aliphatic heterocycles. The standard InChI is InChI=1S/C17H10F3NO4/c1-9-5-4-8-12(13(9)17(18,19)20)16(24)25-21-14(22)10-6-2-3-7-11(10)15(21)23/h2-8H,1H3. The number of hydrogen-bond donors (Lipinski definition) is 0. The van der Waals surface area contributed by atoms with Crippen LogP contribution < -0.4 is 0 Å². The number of nitrogens with zero attached hydrogens (tertiary/aromatic N) is 1. The molecule has 2 amide bonds. The maximum absolute atomic E-state index is 13.2. The Balaban J connectivity index is 1.94. The summed E-state index contributed by atoms with van der Waals surface area (Å²) in [5.74, 6) is -3.25. The third kappa shape index (κ3) is 2.75. The molecule has 0 spiro atoms. The van der Waals surface area contributed by atoms with Gasteiger partial charge >= 0.3 is 12.1 Å². The highest BCUT2D eigenvalue weighted by Gasteiger charge is 2.41. The molecule has 0 unspecified atom stereocenters. The van der Waals surface area contributed by atoms with Gasteiger partial charge in [-0.2, -0.15) is 13.2 Å². The molecule has 0 saturated heterocycles. The van der Waals surface area contributed by atoms with Crippen LogP contribution in [0.1, 0.15) is 42.2 Å². The maximum atomic E-state index is 13.2. The Morgan fingerprint density at radius 3 is 2.04 bits per heavy atom. The quantitative estimate of drug-likeness (QED) is 0.780. The third-order valence-corrected chi connectivity index (χ3v) is 3.71. The van der Waals surface area contributed by atoms with E-state index in [1.165, 1.54) is 43.3 Å². The average Bonchev–Trinajstić information content (AvgIpc) is 2.79. The number of halogens is 3. The van der Waals surface area contributed by atoms with Gasteiger partial charge in [-0.3, -0.25) is 9.59 Å². The van der Waals surface area contributed by atoms with Crippen molar-refractivity contribution in [3.63, 3.8) is 0 Å². The number of carbonyl (C=O) groups is 3. The lowest BCUT2D eigenvalue weighted by atomic mass is 10.0. The molecule has 8 heteroatoms. The first-order valence-corrected chi connectivity index (χ1v) is 7.08. The van der Waals surface area contributed by atoms with Crippen molar-refractivity contribution < 1.29 is 32.4 Å². The predicted octanol–water partition coefficient (Wildman–Crippen LogP) is 3.38. The van der Waals surface area contributed by atoms with Crippen LogP contribution in [-0.4, -0.2) is 22.8 Å². The van der Waals surface area contributed by atoms with E-state index >= 15 is 0 Å². The van der Waals surface area contributed by atoms with Crippen molar-refractivity contribution in [1.82, 2.24) is 5.06 Å². The molecule has 0 N–H and O–H groups in total. The highest BCUT2D eigenvalue weighted by atomic mass is 19.4. The number of benzene rings is 2. The molecule has 0 saturated carbocycles. The van der Waals surface area contributed by atoms with Crippen molar-refractivity contribution in [2.24, 2.45) is 0 Å². The van der Waals surface area contributed by atoms with Crippen LogP contribution in [0.25, 0.3) is 0 Å². The summed E-state index contributed by atoms with van der Waals surface area (Å²) in [5, 5.41) is 0.176. The van der Waals surface area contributed by atoms with Crippen molar-refractivity contribution in [3.8, 4) is 0 Å². The van der Waals surface area contributed by atoms with E-state index in [0.717, 1.165) is 6.07 Å². The molecule has 1 heterocycles. The third-order valence-electron chi connectivity index (χ3n) is 3.71. The fourth-order valence-electron chi connectivity index (χ4n) is 2.60. The molecule has 5 nitrogen and oxygen atoms in total. The zero-order valence-corrected chi connectivity index (χ0v) is 12.8. The Hall–Kier alpha value is -3.16. The van der Waals surface area contributed by atoms with Gasteiger partial charge in [-0.25, -0.2) is 4.79 Å². The highest BCUT2D eigenvalue weighted by Crippen LogP contribution is 2.35. The van der Waals surface area contributed by atoms with E-state index in [-0.39, 0.29) is 21.8 Å². The van der Waals surface area contributed by atoms with Crippen LogP contribution in [0.5, 0.6) is 0 Å². The lowest BCUT2D eigenvalue weighted by molar-refractivity contribution is -0.138. The first kappa shape index (κ1) is 16.7. The number of rotatable bonds is 2. The first-order valence-electron chi connectivity index (χ1n) is 7.08. The van der Waals surface area contributed by atoms with Crippen LogP contribution >= 0.6 is 0 Å². The molecule has 3 rings (SSSR count). The minimum absolute atomic E-state index is 0.0144. The topological polar surface area (TPSA) is 63.7 Å². The number of fused-ring (bicyclic) bond motifs is 1. The summed E-state index contributed by atoms with van der Waals surface area (Å²) in [6.45, 7) is 1.20. The fourth-order valence-corrected chi connectivity index (χ4v) is 2.60. The summed E-state index contributed by atoms with van der Waals surface area (Å²) in [6, 6.07) is 9.12. The van der Waals surface area contributed by atoms with Gasteiger partial charge in [0.2, 0.25) is 0 Å². The number of hydroxylamine groups is 2. The van der Waals surface area contributed by atoms with Crippen molar-refractivity contribution in [2.45, 2.75) is 13.1 Å². The monoisotopic (exact) mass is 349 g/mol. The molecule has 0 bridgehead atoms. The average molecular weight is 349 g/mol. The maximum Gasteiger partial charge on any atom is 0.417 e. The van der Waals surface area contributed by atoms with Crippen molar-refractivity contribution in [2.75, 3.05) is 0 Å². The molecule has 128 valence electrons. The summed E-state index contributed by atoms with van der Waals surface area (Å²) in [6.07, 6.45) is -4.79. The molecular formula is C17H10F3NO4. The number of imide groups is 1. The number of hydrogen-bond acceptors (Lipinski definition) is 4. The number of carbonyl (C=O) groups excluding carboxylic acids is 3. The summed E-state index contributed by atoms with van der Waals surface area (Å²) in [7, 11) is 0. The molecule has 0 radical (unpaired) electrons. The van der Waals surface area contributed by atoms with Crippen LogP contribution in [0.4, 0.5) is 13.2 Å². The molecule has 0 aromatic heterocycles. The predicted molar refractivity (Wildman–Crippen MR) is 78.5 cm³/mol. The second kappa shape index (κ2) is 5.73.